The molecule has 1 heterocycles. The second kappa shape index (κ2) is 3.99. The van der Waals surface area contributed by atoms with Crippen LogP contribution >= 0.6 is 0 Å². The molecule has 0 aromatic heterocycles. The molecule has 1 N–H and O–H groups in total. The molecule has 1 saturated heterocycles. The van der Waals surface area contributed by atoms with Crippen molar-refractivity contribution in [2.24, 2.45) is 11.8 Å². The fraction of sp³-hybridized carbons (Fsp3) is 0.818. The third-order valence-electron chi connectivity index (χ3n) is 3.42. The molecule has 15 heavy (non-hydrogen) atoms. The first-order valence-corrected chi connectivity index (χ1v) is 5.40. The van der Waals surface area contributed by atoms with Gasteiger partial charge in [-0.05, 0) is 12.8 Å². The molecule has 3 nitrogen and oxygen atoms in total. The molecular weight excluding hydrogens is 189 g/mol. The Labute approximate surface area is 92.4 Å². The van der Waals surface area contributed by atoms with Crippen molar-refractivity contribution in [1.29, 1.82) is 0 Å². The van der Waals surface area contributed by atoms with Crippen molar-refractivity contribution >= 4 is 19.5 Å². The predicted molar refractivity (Wildman–Crippen MR) is 59.7 cm³/mol. The number of amides is 1. The highest BCUT2D eigenvalue weighted by Gasteiger charge is 2.45. The number of rotatable bonds is 2. The fourth-order valence-corrected chi connectivity index (χ4v) is 1.83. The van der Waals surface area contributed by atoms with Gasteiger partial charge in [0.1, 0.15) is 0 Å². The van der Waals surface area contributed by atoms with Gasteiger partial charge < -0.3 is 5.32 Å². The summed E-state index contributed by atoms with van der Waals surface area (Å²) < 4.78 is 0. The normalized spacial score (nSPS) is 34.1. The smallest absolute Gasteiger partial charge is 0.224 e. The number of Topliss-reactive ketones (excluding diaryl/α,β-unsaturated/α-hetero) is 1. The summed E-state index contributed by atoms with van der Waals surface area (Å²) in [4.78, 5) is 23.7. The van der Waals surface area contributed by atoms with Gasteiger partial charge in [-0.15, -0.1) is 0 Å². The maximum absolute atomic E-state index is 11.9. The average molecular weight is 207 g/mol. The van der Waals surface area contributed by atoms with E-state index in [4.69, 9.17) is 7.85 Å². The van der Waals surface area contributed by atoms with Gasteiger partial charge in [-0.1, -0.05) is 26.6 Å². The van der Waals surface area contributed by atoms with E-state index in [0.29, 0.717) is 6.42 Å². The molecular formula is C11H18BNO2. The number of ketones is 1. The van der Waals surface area contributed by atoms with Crippen molar-refractivity contribution in [3.63, 3.8) is 0 Å². The highest BCUT2D eigenvalue weighted by molar-refractivity contribution is 6.17. The minimum absolute atomic E-state index is 0.0378. The second-order valence-corrected chi connectivity index (χ2v) is 4.96. The zero-order chi connectivity index (χ0) is 11.8. The van der Waals surface area contributed by atoms with Gasteiger partial charge in [-0.3, -0.25) is 9.59 Å². The molecule has 1 aliphatic heterocycles. The van der Waals surface area contributed by atoms with Crippen molar-refractivity contribution in [2.75, 3.05) is 0 Å². The van der Waals surface area contributed by atoms with Crippen LogP contribution in [0.3, 0.4) is 0 Å². The van der Waals surface area contributed by atoms with Crippen LogP contribution in [0.4, 0.5) is 0 Å². The molecule has 0 spiro atoms. The molecule has 3 atom stereocenters. The lowest BCUT2D eigenvalue weighted by atomic mass is 9.66. The summed E-state index contributed by atoms with van der Waals surface area (Å²) in [5.74, 6) is -0.391. The minimum Gasteiger partial charge on any atom is -0.344 e. The summed E-state index contributed by atoms with van der Waals surface area (Å²) in [6.07, 6.45) is 0.307. The van der Waals surface area contributed by atoms with Gasteiger partial charge in [0.2, 0.25) is 5.91 Å². The summed E-state index contributed by atoms with van der Waals surface area (Å²) in [5.41, 5.74) is -0.886. The van der Waals surface area contributed by atoms with Gasteiger partial charge in [-0.2, -0.15) is 0 Å². The van der Waals surface area contributed by atoms with E-state index in [1.54, 1.807) is 13.8 Å². The highest BCUT2D eigenvalue weighted by atomic mass is 16.2. The Kier molecular flexibility index (Phi) is 3.26. The molecule has 0 aliphatic carbocycles. The number of hydrogen-bond acceptors (Lipinski definition) is 2. The molecule has 2 radical (unpaired) electrons. The molecule has 0 saturated carbocycles. The van der Waals surface area contributed by atoms with Crippen molar-refractivity contribution in [3.05, 3.63) is 0 Å². The highest BCUT2D eigenvalue weighted by Crippen LogP contribution is 2.31. The maximum atomic E-state index is 11.9. The lowest BCUT2D eigenvalue weighted by Crippen LogP contribution is -2.61. The van der Waals surface area contributed by atoms with E-state index in [1.807, 2.05) is 13.8 Å². The quantitative estimate of drug-likeness (QED) is 0.688. The lowest BCUT2D eigenvalue weighted by Gasteiger charge is -2.40. The lowest BCUT2D eigenvalue weighted by molar-refractivity contribution is -0.142. The van der Waals surface area contributed by atoms with Crippen LogP contribution in [0.5, 0.6) is 0 Å². The molecule has 1 fully saturated rings. The Hall–Kier alpha value is -0.795. The van der Waals surface area contributed by atoms with Crippen LogP contribution in [0.2, 0.25) is 5.82 Å². The SMILES string of the molecule is [B]C(C)C1(C)NC(=O)C(C(C)C)CC1=O. The van der Waals surface area contributed by atoms with E-state index in [-0.39, 0.29) is 29.3 Å². The summed E-state index contributed by atoms with van der Waals surface area (Å²) in [6, 6.07) is 0. The Morgan fingerprint density at radius 2 is 1.93 bits per heavy atom. The van der Waals surface area contributed by atoms with Gasteiger partial charge in [0.15, 0.2) is 5.78 Å². The largest absolute Gasteiger partial charge is 0.344 e. The zero-order valence-corrected chi connectivity index (χ0v) is 9.83. The summed E-state index contributed by atoms with van der Waals surface area (Å²) >= 11 is 0. The van der Waals surface area contributed by atoms with Crippen LogP contribution in [0.15, 0.2) is 0 Å². The van der Waals surface area contributed by atoms with E-state index < -0.39 is 5.54 Å². The van der Waals surface area contributed by atoms with E-state index >= 15 is 0 Å². The van der Waals surface area contributed by atoms with Gasteiger partial charge >= 0.3 is 0 Å². The molecule has 1 aliphatic rings. The van der Waals surface area contributed by atoms with Crippen LogP contribution < -0.4 is 5.32 Å². The van der Waals surface area contributed by atoms with Crippen molar-refractivity contribution in [1.82, 2.24) is 5.32 Å². The Morgan fingerprint density at radius 1 is 1.40 bits per heavy atom. The van der Waals surface area contributed by atoms with Crippen LogP contribution in [-0.2, 0) is 9.59 Å². The Bertz CT molecular complexity index is 288. The monoisotopic (exact) mass is 207 g/mol. The van der Waals surface area contributed by atoms with Gasteiger partial charge in [0.25, 0.3) is 0 Å². The van der Waals surface area contributed by atoms with Gasteiger partial charge in [0, 0.05) is 12.3 Å². The van der Waals surface area contributed by atoms with Crippen molar-refractivity contribution in [3.8, 4) is 0 Å². The molecule has 0 bridgehead atoms. The maximum Gasteiger partial charge on any atom is 0.224 e. The predicted octanol–water partition coefficient (Wildman–Crippen LogP) is 1.08. The fourth-order valence-electron chi connectivity index (χ4n) is 1.83. The van der Waals surface area contributed by atoms with E-state index in [9.17, 15) is 9.59 Å². The molecule has 0 aromatic rings. The first kappa shape index (κ1) is 12.3. The molecule has 1 rings (SSSR count). The third kappa shape index (κ3) is 2.08. The molecule has 1 amide bonds. The Balaban J connectivity index is 2.89. The average Bonchev–Trinajstić information content (AvgIpc) is 2.10. The van der Waals surface area contributed by atoms with E-state index in [1.165, 1.54) is 0 Å². The zero-order valence-electron chi connectivity index (χ0n) is 9.83. The van der Waals surface area contributed by atoms with Crippen LogP contribution in [0, 0.1) is 11.8 Å². The molecule has 0 aromatic carbocycles. The summed E-state index contributed by atoms with van der Waals surface area (Å²) in [5, 5.41) is 2.76. The molecule has 4 heteroatoms. The third-order valence-corrected chi connectivity index (χ3v) is 3.42. The summed E-state index contributed by atoms with van der Waals surface area (Å²) in [7, 11) is 5.74. The van der Waals surface area contributed by atoms with Gasteiger partial charge in [0.05, 0.1) is 13.4 Å². The first-order chi connectivity index (χ1) is 6.79. The van der Waals surface area contributed by atoms with Gasteiger partial charge in [-0.25, -0.2) is 0 Å². The first-order valence-electron chi connectivity index (χ1n) is 5.40. The number of carbonyl (C=O) groups is 2. The summed E-state index contributed by atoms with van der Waals surface area (Å²) in [6.45, 7) is 7.35. The van der Waals surface area contributed by atoms with Crippen molar-refractivity contribution in [2.45, 2.75) is 45.5 Å². The van der Waals surface area contributed by atoms with Crippen LogP contribution in [0.1, 0.15) is 34.1 Å². The Morgan fingerprint density at radius 3 is 2.33 bits per heavy atom. The van der Waals surface area contributed by atoms with E-state index in [2.05, 4.69) is 5.32 Å². The molecule has 3 unspecified atom stereocenters. The number of piperidine rings is 1. The molecule has 82 valence electrons. The number of nitrogens with one attached hydrogen (secondary N) is 1. The minimum atomic E-state index is -0.886. The standard InChI is InChI=1S/C11H18BNO2/c1-6(2)8-5-9(14)11(4,7(3)12)13-10(8)15/h6-8H,5H2,1-4H3,(H,13,15). The number of carbonyl (C=O) groups excluding carboxylic acids is 2. The van der Waals surface area contributed by atoms with Crippen LogP contribution in [0.25, 0.3) is 0 Å². The van der Waals surface area contributed by atoms with Crippen molar-refractivity contribution < 1.29 is 9.59 Å². The number of hydrogen-bond donors (Lipinski definition) is 1. The second-order valence-electron chi connectivity index (χ2n) is 4.96. The van der Waals surface area contributed by atoms with E-state index in [0.717, 1.165) is 0 Å². The topological polar surface area (TPSA) is 46.2 Å². The van der Waals surface area contributed by atoms with Crippen LogP contribution in [-0.4, -0.2) is 25.1 Å².